The summed E-state index contributed by atoms with van der Waals surface area (Å²) in [5, 5.41) is 19.1. The molecule has 0 radical (unpaired) electrons. The highest BCUT2D eigenvalue weighted by Gasteiger charge is 2.59. The number of carbonyl (C=O) groups excluding carboxylic acids is 2. The smallest absolute Gasteiger partial charge is 0.264 e. The molecular weight excluding hydrogens is 554 g/mol. The monoisotopic (exact) mass is 591 g/mol. The fraction of sp³-hybridized carbons (Fsp3) is 0.371. The van der Waals surface area contributed by atoms with Crippen LogP contribution < -0.4 is 9.80 Å². The van der Waals surface area contributed by atoms with Crippen LogP contribution in [0.5, 0.6) is 0 Å². The third-order valence-electron chi connectivity index (χ3n) is 9.34. The first-order valence-electron chi connectivity index (χ1n) is 15.6. The van der Waals surface area contributed by atoms with Crippen LogP contribution in [0, 0.1) is 5.92 Å². The predicted molar refractivity (Wildman–Crippen MR) is 166 cm³/mol. The second kappa shape index (κ2) is 11.6. The molecule has 0 unspecified atom stereocenters. The van der Waals surface area contributed by atoms with Crippen molar-refractivity contribution in [2.45, 2.75) is 69.9 Å². The van der Waals surface area contributed by atoms with E-state index in [0.717, 1.165) is 53.9 Å². The van der Waals surface area contributed by atoms with Gasteiger partial charge in [-0.25, -0.2) is 0 Å². The molecule has 2 amide bonds. The van der Waals surface area contributed by atoms with Crippen molar-refractivity contribution in [3.8, 4) is 0 Å². The number of amides is 2. The third-order valence-corrected chi connectivity index (χ3v) is 9.34. The lowest BCUT2D eigenvalue weighted by Gasteiger charge is -2.29. The Morgan fingerprint density at radius 3 is 2.68 bits per heavy atom. The van der Waals surface area contributed by atoms with Gasteiger partial charge < -0.3 is 19.6 Å². The summed E-state index contributed by atoms with van der Waals surface area (Å²) >= 11 is 0. The Morgan fingerprint density at radius 1 is 1.02 bits per heavy atom. The van der Waals surface area contributed by atoms with Gasteiger partial charge in [0, 0.05) is 36.7 Å². The maximum Gasteiger partial charge on any atom is 0.264 e. The summed E-state index contributed by atoms with van der Waals surface area (Å²) in [6.45, 7) is 3.79. The van der Waals surface area contributed by atoms with Gasteiger partial charge in [0.2, 0.25) is 5.91 Å². The van der Waals surface area contributed by atoms with Crippen LogP contribution in [0.1, 0.15) is 67.5 Å². The first-order chi connectivity index (χ1) is 21.4. The molecule has 1 aromatic heterocycles. The molecule has 4 heterocycles. The third kappa shape index (κ3) is 5.00. The lowest BCUT2D eigenvalue weighted by atomic mass is 9.83. The van der Waals surface area contributed by atoms with Crippen LogP contribution >= 0.6 is 0 Å². The van der Waals surface area contributed by atoms with Gasteiger partial charge in [0.25, 0.3) is 5.91 Å². The van der Waals surface area contributed by atoms with Gasteiger partial charge in [0.05, 0.1) is 24.5 Å². The molecular formula is C35H37N5O4. The zero-order valence-electron chi connectivity index (χ0n) is 24.9. The van der Waals surface area contributed by atoms with E-state index in [1.807, 2.05) is 88.7 Å². The van der Waals surface area contributed by atoms with E-state index >= 15 is 0 Å². The van der Waals surface area contributed by atoms with Gasteiger partial charge in [-0.2, -0.15) is 0 Å². The highest BCUT2D eigenvalue weighted by atomic mass is 16.5. The molecule has 0 aliphatic carbocycles. The Balaban J connectivity index is 1.07. The van der Waals surface area contributed by atoms with Gasteiger partial charge in [-0.05, 0) is 55.0 Å². The topological polar surface area (TPSA) is 101 Å². The number of aryl methyl sites for hydroxylation is 1. The van der Waals surface area contributed by atoms with Crippen molar-refractivity contribution in [2.75, 3.05) is 16.3 Å². The lowest BCUT2D eigenvalue weighted by molar-refractivity contribution is -0.146. The van der Waals surface area contributed by atoms with Gasteiger partial charge in [0.1, 0.15) is 11.8 Å². The molecule has 4 atom stereocenters. The average molecular weight is 592 g/mol. The summed E-state index contributed by atoms with van der Waals surface area (Å²) in [5.41, 5.74) is 3.87. The SMILES string of the molecule is C[C@@H]1C[C@H](CCn2cc([C@H](O)c3ccccc3)nn2)O[C@@]12C(=O)N(Cc1cccc(N3CCCCC3=O)c1)c1ccccc12. The lowest BCUT2D eigenvalue weighted by Crippen LogP contribution is -2.43. The molecule has 226 valence electrons. The maximum absolute atomic E-state index is 14.4. The van der Waals surface area contributed by atoms with Gasteiger partial charge in [-0.1, -0.05) is 72.8 Å². The van der Waals surface area contributed by atoms with E-state index in [1.165, 1.54) is 0 Å². The predicted octanol–water partition coefficient (Wildman–Crippen LogP) is 5.13. The number of ether oxygens (including phenoxy) is 1. The highest BCUT2D eigenvalue weighted by Crippen LogP contribution is 2.53. The fourth-order valence-corrected chi connectivity index (χ4v) is 7.07. The van der Waals surface area contributed by atoms with Gasteiger partial charge in [-0.3, -0.25) is 14.3 Å². The van der Waals surface area contributed by atoms with Crippen LogP contribution in [0.25, 0.3) is 0 Å². The number of fused-ring (bicyclic) bond motifs is 2. The van der Waals surface area contributed by atoms with Gasteiger partial charge in [-0.15, -0.1) is 5.10 Å². The molecule has 44 heavy (non-hydrogen) atoms. The number of benzene rings is 3. The molecule has 3 aromatic carbocycles. The Morgan fingerprint density at radius 2 is 1.84 bits per heavy atom. The summed E-state index contributed by atoms with van der Waals surface area (Å²) in [4.78, 5) is 30.6. The van der Waals surface area contributed by atoms with Crippen molar-refractivity contribution in [2.24, 2.45) is 5.92 Å². The minimum absolute atomic E-state index is 0.0188. The minimum Gasteiger partial charge on any atom is -0.382 e. The van der Waals surface area contributed by atoms with Gasteiger partial charge >= 0.3 is 0 Å². The average Bonchev–Trinajstić information content (AvgIpc) is 3.73. The minimum atomic E-state index is -1.04. The van der Waals surface area contributed by atoms with Crippen LogP contribution in [-0.4, -0.2) is 44.6 Å². The Bertz CT molecular complexity index is 1670. The van der Waals surface area contributed by atoms with Crippen LogP contribution in [0.3, 0.4) is 0 Å². The van der Waals surface area contributed by atoms with Crippen LogP contribution in [0.15, 0.2) is 85.1 Å². The first kappa shape index (κ1) is 28.4. The van der Waals surface area contributed by atoms with E-state index in [1.54, 1.807) is 10.9 Å². The normalized spacial score (nSPS) is 23.9. The summed E-state index contributed by atoms with van der Waals surface area (Å²) in [5.74, 6) is 0.0977. The number of carbonyl (C=O) groups is 2. The molecule has 9 nitrogen and oxygen atoms in total. The molecule has 9 heteroatoms. The summed E-state index contributed by atoms with van der Waals surface area (Å²) in [6.07, 6.45) is 4.72. The standard InChI is InChI=1S/C35H37N5O4/c1-24-20-28(17-19-38-23-30(36-37-38)33(42)26-11-3-2-4-12-26)44-35(24)29-14-5-6-15-31(29)40(34(35)43)22-25-10-9-13-27(21-25)39-18-8-7-16-32(39)41/h2-6,9-15,21,23-24,28,33,42H,7-8,16-20,22H2,1H3/t24-,28+,33-,35+/m1/s1. The number of nitrogens with zero attached hydrogens (tertiary/aromatic N) is 5. The first-order valence-corrected chi connectivity index (χ1v) is 15.6. The van der Waals surface area contributed by atoms with Crippen molar-refractivity contribution in [3.05, 3.63) is 107 Å². The molecule has 0 bridgehead atoms. The van der Waals surface area contributed by atoms with Crippen LogP contribution in [-0.2, 0) is 33.0 Å². The molecule has 0 saturated carbocycles. The van der Waals surface area contributed by atoms with Crippen LogP contribution in [0.2, 0.25) is 0 Å². The molecule has 2 saturated heterocycles. The Labute approximate surface area is 257 Å². The Hall–Kier alpha value is -4.34. The number of para-hydroxylation sites is 1. The summed E-state index contributed by atoms with van der Waals surface area (Å²) in [6, 6.07) is 25.3. The summed E-state index contributed by atoms with van der Waals surface area (Å²) in [7, 11) is 0. The van der Waals surface area contributed by atoms with E-state index in [-0.39, 0.29) is 23.8 Å². The van der Waals surface area contributed by atoms with E-state index in [4.69, 9.17) is 4.74 Å². The Kier molecular flexibility index (Phi) is 7.52. The maximum atomic E-state index is 14.4. The van der Waals surface area contributed by atoms with Crippen molar-refractivity contribution < 1.29 is 19.4 Å². The number of aliphatic hydroxyl groups is 1. The number of hydrogen-bond donors (Lipinski definition) is 1. The van der Waals surface area contributed by atoms with Gasteiger partial charge in [0.15, 0.2) is 5.60 Å². The molecule has 3 aliphatic rings. The largest absolute Gasteiger partial charge is 0.382 e. The number of anilines is 2. The number of aromatic nitrogens is 3. The van der Waals surface area contributed by atoms with Crippen molar-refractivity contribution in [1.29, 1.82) is 0 Å². The molecule has 7 rings (SSSR count). The van der Waals surface area contributed by atoms with E-state index < -0.39 is 11.7 Å². The number of rotatable bonds is 8. The van der Waals surface area contributed by atoms with Crippen molar-refractivity contribution in [3.63, 3.8) is 0 Å². The second-order valence-corrected chi connectivity index (χ2v) is 12.2. The molecule has 3 aliphatic heterocycles. The van der Waals surface area contributed by atoms with E-state index in [2.05, 4.69) is 17.2 Å². The number of aliphatic hydroxyl groups excluding tert-OH is 1. The molecule has 2 fully saturated rings. The summed E-state index contributed by atoms with van der Waals surface area (Å²) < 4.78 is 8.49. The number of hydrogen-bond acceptors (Lipinski definition) is 6. The van der Waals surface area contributed by atoms with E-state index in [9.17, 15) is 14.7 Å². The molecule has 4 aromatic rings. The van der Waals surface area contributed by atoms with E-state index in [0.29, 0.717) is 31.6 Å². The zero-order chi connectivity index (χ0) is 30.3. The van der Waals surface area contributed by atoms with Crippen LogP contribution in [0.4, 0.5) is 11.4 Å². The highest BCUT2D eigenvalue weighted by molar-refractivity contribution is 6.07. The molecule has 1 spiro atoms. The second-order valence-electron chi connectivity index (χ2n) is 12.2. The molecule has 1 N–H and O–H groups in total. The quantitative estimate of drug-likeness (QED) is 0.305. The van der Waals surface area contributed by atoms with Crippen molar-refractivity contribution in [1.82, 2.24) is 15.0 Å². The van der Waals surface area contributed by atoms with Crippen molar-refractivity contribution >= 4 is 23.2 Å². The zero-order valence-corrected chi connectivity index (χ0v) is 24.9. The number of piperidine rings is 1. The fourth-order valence-electron chi connectivity index (χ4n) is 7.07.